The number of hydrogen-bond donors (Lipinski definition) is 0. The van der Waals surface area contributed by atoms with Gasteiger partial charge in [0.2, 0.25) is 0 Å². The van der Waals surface area contributed by atoms with Gasteiger partial charge in [0.05, 0.1) is 0 Å². The second kappa shape index (κ2) is 18.4. The summed E-state index contributed by atoms with van der Waals surface area (Å²) in [6.07, 6.45) is 15.8. The molecule has 0 spiro atoms. The van der Waals surface area contributed by atoms with Gasteiger partial charge in [0.1, 0.15) is 0 Å². The maximum Gasteiger partial charge on any atom is 3.00 e. The molecule has 0 aromatic rings. The molecule has 161 valence electrons. The van der Waals surface area contributed by atoms with Gasteiger partial charge in [0, 0.05) is 0 Å². The van der Waals surface area contributed by atoms with Crippen LogP contribution in [0.4, 0.5) is 0 Å². The van der Waals surface area contributed by atoms with Gasteiger partial charge in [-0.05, 0) is 36.5 Å². The van der Waals surface area contributed by atoms with Crippen LogP contribution in [-0.2, 0) is 21.7 Å². The van der Waals surface area contributed by atoms with Crippen molar-refractivity contribution in [2.45, 2.75) is 105 Å². The van der Waals surface area contributed by atoms with Crippen LogP contribution in [0.25, 0.3) is 0 Å². The Kier molecular flexibility index (Phi) is 22.6. The Morgan fingerprint density at radius 3 is 1.93 bits per heavy atom. The molecular formula is C24H51P2Ti. The summed E-state index contributed by atoms with van der Waals surface area (Å²) in [5, 5.41) is 0. The molecular weight excluding hydrogens is 398 g/mol. The monoisotopic (exact) mass is 449 g/mol. The minimum Gasteiger partial charge on any atom is -0.358 e. The third kappa shape index (κ3) is 10.4. The van der Waals surface area contributed by atoms with E-state index in [2.05, 4.69) is 41.5 Å². The first-order valence-electron chi connectivity index (χ1n) is 10.9. The molecule has 0 bridgehead atoms. The van der Waals surface area contributed by atoms with Crippen LogP contribution in [-0.4, -0.2) is 18.0 Å². The van der Waals surface area contributed by atoms with Crippen molar-refractivity contribution < 1.29 is 21.7 Å². The summed E-state index contributed by atoms with van der Waals surface area (Å²) in [6, 6.07) is 0. The molecule has 0 nitrogen and oxygen atoms in total. The van der Waals surface area contributed by atoms with Crippen LogP contribution >= 0.6 is 17.2 Å². The average molecular weight is 449 g/mol. The largest absolute Gasteiger partial charge is 3.00 e. The van der Waals surface area contributed by atoms with Crippen LogP contribution in [0, 0.1) is 37.8 Å². The van der Waals surface area contributed by atoms with Gasteiger partial charge in [-0.1, -0.05) is 85.2 Å². The van der Waals surface area contributed by atoms with Gasteiger partial charge in [-0.25, -0.2) is 0 Å². The fourth-order valence-electron chi connectivity index (χ4n) is 4.62. The zero-order chi connectivity index (χ0) is 18.0. The summed E-state index contributed by atoms with van der Waals surface area (Å²) >= 11 is 0. The van der Waals surface area contributed by atoms with Crippen molar-refractivity contribution in [3.8, 4) is 0 Å². The third-order valence-corrected chi connectivity index (χ3v) is 9.83. The van der Waals surface area contributed by atoms with Crippen LogP contribution in [0.3, 0.4) is 0 Å². The first kappa shape index (κ1) is 33.2. The summed E-state index contributed by atoms with van der Waals surface area (Å²) in [6.45, 7) is 14.7. The number of rotatable bonds is 12. The molecule has 1 saturated carbocycles. The maximum absolute atomic E-state index is 2.57. The molecule has 3 heteroatoms. The molecule has 5 unspecified atom stereocenters. The normalized spacial score (nSPS) is 25.8. The van der Waals surface area contributed by atoms with Crippen molar-refractivity contribution in [1.29, 1.82) is 0 Å². The molecule has 0 aromatic carbocycles. The van der Waals surface area contributed by atoms with E-state index >= 15 is 0 Å². The van der Waals surface area contributed by atoms with E-state index in [4.69, 9.17) is 0 Å². The zero-order valence-corrected chi connectivity index (χ0v) is 23.6. The van der Waals surface area contributed by atoms with Gasteiger partial charge in [0.25, 0.3) is 0 Å². The van der Waals surface area contributed by atoms with Crippen molar-refractivity contribution in [2.24, 2.45) is 17.3 Å². The van der Waals surface area contributed by atoms with E-state index < -0.39 is 0 Å². The molecule has 0 N–H and O–H groups in total. The third-order valence-electron chi connectivity index (χ3n) is 6.72. The first-order valence-corrected chi connectivity index (χ1v) is 13.3. The Bertz CT molecular complexity index is 292. The van der Waals surface area contributed by atoms with E-state index in [9.17, 15) is 0 Å². The summed E-state index contributed by atoms with van der Waals surface area (Å²) < 4.78 is 0. The van der Waals surface area contributed by atoms with E-state index in [1.165, 1.54) is 78.7 Å². The molecule has 0 amide bonds. The van der Waals surface area contributed by atoms with E-state index in [0.717, 1.165) is 26.1 Å². The standard InChI is InChI=1S/C22H45P2.2CH3.Ti/c1-7-11-13-23-20-15-21(24-14-12-8-2)17-22(16-20,18(5)9-3)19(6)10-4;;;/h18-20,23-24H,7-17H2,1-6H3;2*1H3;/q3*-1;+3. The Morgan fingerprint density at radius 2 is 1.44 bits per heavy atom. The summed E-state index contributed by atoms with van der Waals surface area (Å²) in [4.78, 5) is 0. The Morgan fingerprint density at radius 1 is 0.926 bits per heavy atom. The quantitative estimate of drug-likeness (QED) is 0.121. The van der Waals surface area contributed by atoms with Crippen LogP contribution < -0.4 is 0 Å². The Labute approximate surface area is 193 Å². The molecule has 1 aliphatic rings. The topological polar surface area (TPSA) is 0 Å². The van der Waals surface area contributed by atoms with Crippen LogP contribution in [0.15, 0.2) is 0 Å². The predicted octanol–water partition coefficient (Wildman–Crippen LogP) is 9.00. The van der Waals surface area contributed by atoms with E-state index in [0.29, 0.717) is 5.41 Å². The minimum absolute atomic E-state index is 0. The first-order chi connectivity index (χ1) is 11.5. The van der Waals surface area contributed by atoms with Gasteiger partial charge in [-0.3, -0.25) is 14.2 Å². The maximum atomic E-state index is 2.57. The molecule has 1 rings (SSSR count). The summed E-state index contributed by atoms with van der Waals surface area (Å²) in [7, 11) is 2.37. The van der Waals surface area contributed by atoms with Crippen LogP contribution in [0.5, 0.6) is 0 Å². The smallest absolute Gasteiger partial charge is 0.358 e. The zero-order valence-electron chi connectivity index (χ0n) is 20.0. The van der Waals surface area contributed by atoms with E-state index in [-0.39, 0.29) is 36.6 Å². The predicted molar refractivity (Wildman–Crippen MR) is 131 cm³/mol. The fraction of sp³-hybridized carbons (Fsp3) is 0.875. The van der Waals surface area contributed by atoms with Crippen molar-refractivity contribution in [2.75, 3.05) is 12.3 Å². The number of unbranched alkanes of at least 4 members (excludes halogenated alkanes) is 2. The van der Waals surface area contributed by atoms with Crippen LogP contribution in [0.2, 0.25) is 0 Å². The molecule has 0 saturated heterocycles. The SMILES string of the molecule is CCCCP[C-]1CC(PCCCC)CC(C(C)CC)(C(C)CC)C1.[CH3-].[CH3-].[Ti+3]. The Hall–Kier alpha value is 1.57. The van der Waals surface area contributed by atoms with Gasteiger partial charge in [-0.15, -0.1) is 8.58 Å². The molecule has 0 aromatic heterocycles. The van der Waals surface area contributed by atoms with Gasteiger partial charge in [-0.2, -0.15) is 12.8 Å². The average Bonchev–Trinajstić information content (AvgIpc) is 2.60. The number of hydrogen-bond acceptors (Lipinski definition) is 0. The molecule has 1 radical (unpaired) electrons. The van der Waals surface area contributed by atoms with E-state index in [1.807, 2.05) is 5.66 Å². The fourth-order valence-corrected chi connectivity index (χ4v) is 8.44. The van der Waals surface area contributed by atoms with Crippen molar-refractivity contribution in [3.05, 3.63) is 20.5 Å². The summed E-state index contributed by atoms with van der Waals surface area (Å²) in [5.41, 5.74) is 3.60. The van der Waals surface area contributed by atoms with Crippen LogP contribution in [0.1, 0.15) is 99.3 Å². The molecule has 5 atom stereocenters. The van der Waals surface area contributed by atoms with Gasteiger partial charge in [0.15, 0.2) is 0 Å². The molecule has 1 fully saturated rings. The van der Waals surface area contributed by atoms with Gasteiger partial charge >= 0.3 is 21.7 Å². The Balaban J connectivity index is -0.00000192. The minimum atomic E-state index is 0. The van der Waals surface area contributed by atoms with Crippen molar-refractivity contribution >= 4 is 17.2 Å². The molecule has 0 heterocycles. The second-order valence-electron chi connectivity index (χ2n) is 8.33. The van der Waals surface area contributed by atoms with Gasteiger partial charge < -0.3 is 14.9 Å². The molecule has 1 aliphatic carbocycles. The summed E-state index contributed by atoms with van der Waals surface area (Å²) in [5.74, 6) is 1.77. The molecule has 0 aliphatic heterocycles. The molecule has 27 heavy (non-hydrogen) atoms. The van der Waals surface area contributed by atoms with E-state index in [1.54, 1.807) is 0 Å². The second-order valence-corrected chi connectivity index (χ2v) is 11.6. The van der Waals surface area contributed by atoms with Crippen molar-refractivity contribution in [1.82, 2.24) is 0 Å². The van der Waals surface area contributed by atoms with Crippen molar-refractivity contribution in [3.63, 3.8) is 0 Å².